The standard InChI is InChI=1S/C12H20O4S/c1-11(2,3)9(13)7-8(17(7,15)16)10(14)12(4,5)6/h7-8H,1-6H3. The van der Waals surface area contributed by atoms with E-state index < -0.39 is 31.2 Å². The second-order valence-electron chi connectivity index (χ2n) is 6.66. The lowest BCUT2D eigenvalue weighted by atomic mass is 9.83. The maximum absolute atomic E-state index is 12.0. The normalized spacial score (nSPS) is 27.6. The summed E-state index contributed by atoms with van der Waals surface area (Å²) in [4.78, 5) is 23.9. The van der Waals surface area contributed by atoms with E-state index in [1.165, 1.54) is 0 Å². The van der Waals surface area contributed by atoms with Crippen molar-refractivity contribution in [3.63, 3.8) is 0 Å². The van der Waals surface area contributed by atoms with Crippen LogP contribution >= 0.6 is 0 Å². The Labute approximate surface area is 103 Å². The average Bonchev–Trinajstić information content (AvgIpc) is 2.62. The molecular weight excluding hydrogens is 240 g/mol. The van der Waals surface area contributed by atoms with Crippen LogP contribution in [0.4, 0.5) is 0 Å². The van der Waals surface area contributed by atoms with Gasteiger partial charge < -0.3 is 0 Å². The molecule has 0 aromatic carbocycles. The molecule has 0 aromatic rings. The maximum Gasteiger partial charge on any atom is 0.173 e. The first-order valence-corrected chi connectivity index (χ1v) is 7.23. The number of hydrogen-bond donors (Lipinski definition) is 0. The number of rotatable bonds is 2. The summed E-state index contributed by atoms with van der Waals surface area (Å²) in [5.41, 5.74) is -1.46. The highest BCUT2D eigenvalue weighted by molar-refractivity contribution is 8.01. The molecule has 98 valence electrons. The molecule has 1 rings (SSSR count). The van der Waals surface area contributed by atoms with E-state index >= 15 is 0 Å². The van der Waals surface area contributed by atoms with Gasteiger partial charge in [0.05, 0.1) is 0 Å². The van der Waals surface area contributed by atoms with Crippen LogP contribution in [0, 0.1) is 10.8 Å². The van der Waals surface area contributed by atoms with E-state index in [1.54, 1.807) is 41.5 Å². The van der Waals surface area contributed by atoms with Gasteiger partial charge in [0.1, 0.15) is 10.5 Å². The van der Waals surface area contributed by atoms with Crippen molar-refractivity contribution in [2.24, 2.45) is 10.8 Å². The van der Waals surface area contributed by atoms with Crippen molar-refractivity contribution >= 4 is 21.4 Å². The number of carbonyl (C=O) groups excluding carboxylic acids is 2. The van der Waals surface area contributed by atoms with Crippen LogP contribution in [0.15, 0.2) is 0 Å². The highest BCUT2D eigenvalue weighted by Gasteiger charge is 2.67. The smallest absolute Gasteiger partial charge is 0.173 e. The molecule has 1 fully saturated rings. The summed E-state index contributed by atoms with van der Waals surface area (Å²) in [7, 11) is -3.56. The summed E-state index contributed by atoms with van der Waals surface area (Å²) in [5.74, 6) is -0.722. The minimum absolute atomic E-state index is 0.361. The zero-order chi connectivity index (χ0) is 13.8. The fourth-order valence-corrected chi connectivity index (χ4v) is 4.06. The molecule has 5 heteroatoms. The van der Waals surface area contributed by atoms with E-state index in [1.807, 2.05) is 0 Å². The second-order valence-corrected chi connectivity index (χ2v) is 8.85. The molecule has 2 atom stereocenters. The van der Waals surface area contributed by atoms with E-state index in [0.29, 0.717) is 0 Å². The molecule has 1 aliphatic heterocycles. The molecular formula is C12H20O4S. The number of Topliss-reactive ketones (excluding diaryl/α,β-unsaturated/α-hetero) is 2. The Morgan fingerprint density at radius 3 is 1.18 bits per heavy atom. The van der Waals surface area contributed by atoms with E-state index in [9.17, 15) is 18.0 Å². The third-order valence-corrected chi connectivity index (χ3v) is 4.98. The summed E-state index contributed by atoms with van der Waals surface area (Å²) < 4.78 is 23.5. The highest BCUT2D eigenvalue weighted by atomic mass is 32.2. The van der Waals surface area contributed by atoms with Gasteiger partial charge in [0, 0.05) is 10.8 Å². The quantitative estimate of drug-likeness (QED) is 0.703. The lowest BCUT2D eigenvalue weighted by molar-refractivity contribution is -0.129. The van der Waals surface area contributed by atoms with E-state index in [2.05, 4.69) is 0 Å². The van der Waals surface area contributed by atoms with E-state index in [0.717, 1.165) is 0 Å². The van der Waals surface area contributed by atoms with Gasteiger partial charge in [0.15, 0.2) is 21.4 Å². The third-order valence-electron chi connectivity index (χ3n) is 2.90. The van der Waals surface area contributed by atoms with Gasteiger partial charge in [-0.15, -0.1) is 0 Å². The van der Waals surface area contributed by atoms with Crippen LogP contribution in [0.3, 0.4) is 0 Å². The molecule has 0 aromatic heterocycles. The van der Waals surface area contributed by atoms with Crippen LogP contribution in [-0.2, 0) is 19.4 Å². The van der Waals surface area contributed by atoms with E-state index in [4.69, 9.17) is 0 Å². The van der Waals surface area contributed by atoms with Crippen molar-refractivity contribution in [3.8, 4) is 0 Å². The van der Waals surface area contributed by atoms with Crippen LogP contribution < -0.4 is 0 Å². The molecule has 0 amide bonds. The van der Waals surface area contributed by atoms with Crippen LogP contribution in [-0.4, -0.2) is 30.5 Å². The van der Waals surface area contributed by atoms with Gasteiger partial charge in [-0.1, -0.05) is 41.5 Å². The van der Waals surface area contributed by atoms with Gasteiger partial charge in [-0.2, -0.15) is 0 Å². The lowest BCUT2D eigenvalue weighted by Crippen LogP contribution is -2.32. The third kappa shape index (κ3) is 2.44. The second kappa shape index (κ2) is 3.64. The summed E-state index contributed by atoms with van der Waals surface area (Å²) in [5, 5.41) is -2.23. The van der Waals surface area contributed by atoms with Gasteiger partial charge >= 0.3 is 0 Å². The predicted octanol–water partition coefficient (Wildman–Crippen LogP) is 1.38. The Kier molecular flexibility index (Phi) is 3.07. The Morgan fingerprint density at radius 1 is 0.765 bits per heavy atom. The Balaban J connectivity index is 3.03. The monoisotopic (exact) mass is 260 g/mol. The van der Waals surface area contributed by atoms with Crippen LogP contribution in [0.2, 0.25) is 0 Å². The van der Waals surface area contributed by atoms with Crippen molar-refractivity contribution in [1.82, 2.24) is 0 Å². The molecule has 1 saturated heterocycles. The molecule has 0 radical (unpaired) electrons. The first kappa shape index (κ1) is 14.4. The van der Waals surface area contributed by atoms with Crippen LogP contribution in [0.1, 0.15) is 41.5 Å². The molecule has 0 bridgehead atoms. The summed E-state index contributed by atoms with van der Waals surface area (Å²) in [6, 6.07) is 0. The lowest BCUT2D eigenvalue weighted by Gasteiger charge is -2.17. The minimum atomic E-state index is -3.56. The molecule has 0 aliphatic carbocycles. The summed E-state index contributed by atoms with van der Waals surface area (Å²) in [6.07, 6.45) is 0. The zero-order valence-electron chi connectivity index (χ0n) is 11.2. The fraction of sp³-hybridized carbons (Fsp3) is 0.833. The van der Waals surface area contributed by atoms with Gasteiger partial charge in [-0.25, -0.2) is 8.42 Å². The van der Waals surface area contributed by atoms with Crippen LogP contribution in [0.25, 0.3) is 0 Å². The Hall–Kier alpha value is -0.710. The first-order valence-electron chi connectivity index (χ1n) is 5.62. The Bertz CT molecular complexity index is 422. The molecule has 0 spiro atoms. The SMILES string of the molecule is CC(C)(C)C(=O)C1C(C(=O)C(C)(C)C)S1(=O)=O. The number of carbonyl (C=O) groups is 2. The van der Waals surface area contributed by atoms with Gasteiger partial charge in [0.2, 0.25) is 0 Å². The van der Waals surface area contributed by atoms with E-state index in [-0.39, 0.29) is 11.6 Å². The molecule has 17 heavy (non-hydrogen) atoms. The molecule has 4 nitrogen and oxygen atoms in total. The predicted molar refractivity (Wildman–Crippen MR) is 65.4 cm³/mol. The molecule has 1 aliphatic rings. The van der Waals surface area contributed by atoms with Crippen molar-refractivity contribution in [2.45, 2.75) is 52.0 Å². The first-order chi connectivity index (χ1) is 7.31. The van der Waals surface area contributed by atoms with Crippen molar-refractivity contribution < 1.29 is 18.0 Å². The largest absolute Gasteiger partial charge is 0.298 e. The number of sulfone groups is 1. The van der Waals surface area contributed by atoms with Crippen molar-refractivity contribution in [1.29, 1.82) is 0 Å². The van der Waals surface area contributed by atoms with Crippen molar-refractivity contribution in [2.75, 3.05) is 0 Å². The molecule has 1 heterocycles. The van der Waals surface area contributed by atoms with Gasteiger partial charge in [-0.05, 0) is 0 Å². The summed E-state index contributed by atoms with van der Waals surface area (Å²) >= 11 is 0. The molecule has 0 N–H and O–H groups in total. The minimum Gasteiger partial charge on any atom is -0.298 e. The number of hydrogen-bond acceptors (Lipinski definition) is 4. The fourth-order valence-electron chi connectivity index (χ4n) is 1.70. The molecule has 2 unspecified atom stereocenters. The topological polar surface area (TPSA) is 68.3 Å². The van der Waals surface area contributed by atoms with Crippen LogP contribution in [0.5, 0.6) is 0 Å². The maximum atomic E-state index is 12.0. The van der Waals surface area contributed by atoms with Gasteiger partial charge in [0.25, 0.3) is 0 Å². The highest BCUT2D eigenvalue weighted by Crippen LogP contribution is 2.42. The zero-order valence-corrected chi connectivity index (χ0v) is 12.0. The summed E-state index contributed by atoms with van der Waals surface area (Å²) in [6.45, 7) is 10.0. The van der Waals surface area contributed by atoms with Gasteiger partial charge in [-0.3, -0.25) is 9.59 Å². The molecule has 0 saturated carbocycles. The Morgan fingerprint density at radius 2 is 1.00 bits per heavy atom. The number of ketones is 2. The van der Waals surface area contributed by atoms with Crippen molar-refractivity contribution in [3.05, 3.63) is 0 Å². The average molecular weight is 260 g/mol.